The maximum atomic E-state index is 13.9. The Morgan fingerprint density at radius 2 is 1.85 bits per heavy atom. The Balaban J connectivity index is 1.61. The summed E-state index contributed by atoms with van der Waals surface area (Å²) in [7, 11) is 1.29. The van der Waals surface area contributed by atoms with Crippen molar-refractivity contribution in [3.8, 4) is 17.4 Å². The normalized spacial score (nSPS) is 18.3. The molecule has 0 aliphatic carbocycles. The zero-order valence-electron chi connectivity index (χ0n) is 23.8. The predicted molar refractivity (Wildman–Crippen MR) is 152 cm³/mol. The van der Waals surface area contributed by atoms with Gasteiger partial charge in [0.2, 0.25) is 11.8 Å². The van der Waals surface area contributed by atoms with Crippen molar-refractivity contribution in [1.29, 1.82) is 0 Å². The Morgan fingerprint density at radius 3 is 2.48 bits per heavy atom. The van der Waals surface area contributed by atoms with Crippen LogP contribution < -0.4 is 15.4 Å². The van der Waals surface area contributed by atoms with Crippen LogP contribution in [0.1, 0.15) is 48.0 Å². The van der Waals surface area contributed by atoms with E-state index in [0.717, 1.165) is 10.2 Å². The van der Waals surface area contributed by atoms with Crippen LogP contribution in [0.4, 0.5) is 4.79 Å². The second-order valence-electron chi connectivity index (χ2n) is 11.9. The number of fused-ring (bicyclic) bond motifs is 1. The van der Waals surface area contributed by atoms with Gasteiger partial charge < -0.3 is 25.0 Å². The minimum Gasteiger partial charge on any atom is -0.472 e. The van der Waals surface area contributed by atoms with Crippen molar-refractivity contribution in [1.82, 2.24) is 30.5 Å². The third kappa shape index (κ3) is 6.67. The number of esters is 1. The Hall–Kier alpha value is -3.80. The van der Waals surface area contributed by atoms with Gasteiger partial charge in [-0.1, -0.05) is 26.8 Å². The van der Waals surface area contributed by atoms with Crippen LogP contribution in [0.2, 0.25) is 0 Å². The maximum absolute atomic E-state index is 13.9. The number of ether oxygens (including phenoxy) is 2. The van der Waals surface area contributed by atoms with E-state index in [9.17, 15) is 14.4 Å². The number of likely N-dealkylation sites (tertiary alicyclic amines) is 1. The molecule has 40 heavy (non-hydrogen) atoms. The quantitative estimate of drug-likeness (QED) is 0.429. The molecular formula is C28H36N6O5S. The number of aromatic nitrogens is 3. The van der Waals surface area contributed by atoms with E-state index in [2.05, 4.69) is 25.6 Å². The molecule has 4 rings (SSSR count). The molecule has 0 saturated carbocycles. The van der Waals surface area contributed by atoms with E-state index < -0.39 is 47.0 Å². The topological polar surface area (TPSA) is 136 Å². The third-order valence-corrected chi connectivity index (χ3v) is 7.16. The second-order valence-corrected chi connectivity index (χ2v) is 12.8. The highest BCUT2D eigenvalue weighted by Gasteiger charge is 2.46. The summed E-state index contributed by atoms with van der Waals surface area (Å²) in [6.07, 6.45) is 1.32. The highest BCUT2D eigenvalue weighted by molar-refractivity contribution is 7.16. The average Bonchev–Trinajstić information content (AvgIpc) is 3.53. The molecule has 11 nitrogen and oxygen atoms in total. The molecule has 0 bridgehead atoms. The molecular weight excluding hydrogens is 532 g/mol. The summed E-state index contributed by atoms with van der Waals surface area (Å²) in [6.45, 7) is 11.3. The molecule has 4 heterocycles. The standard InChI is InChI=1S/C28H36N6O5S/c1-27(2,3)20(30-26(37)33-28(4,5)6)24(35)34-15-16(14-19(34)25(36)38-7)39-22-17-11-13-40-23(17)32-21(31-22)18-10-8-9-12-29-18/h8-13,16,19-20H,14-15H2,1-7H3,(H2,30,33,37)/t16?,19?,20-/m1/s1. The minimum absolute atomic E-state index is 0.113. The van der Waals surface area contributed by atoms with Gasteiger partial charge in [-0.3, -0.25) is 9.78 Å². The summed E-state index contributed by atoms with van der Waals surface area (Å²) < 4.78 is 11.4. The molecule has 3 amide bonds. The minimum atomic E-state index is -0.904. The van der Waals surface area contributed by atoms with Gasteiger partial charge in [0, 0.05) is 18.2 Å². The highest BCUT2D eigenvalue weighted by atomic mass is 32.1. The number of nitrogens with one attached hydrogen (secondary N) is 2. The van der Waals surface area contributed by atoms with Crippen LogP contribution in [0, 0.1) is 5.41 Å². The molecule has 1 fully saturated rings. The van der Waals surface area contributed by atoms with Crippen molar-refractivity contribution in [3.63, 3.8) is 0 Å². The lowest BCUT2D eigenvalue weighted by Crippen LogP contribution is -2.60. The van der Waals surface area contributed by atoms with Gasteiger partial charge >= 0.3 is 12.0 Å². The van der Waals surface area contributed by atoms with E-state index in [1.165, 1.54) is 23.3 Å². The Bertz CT molecular complexity index is 1380. The number of rotatable bonds is 6. The number of carbonyl (C=O) groups is 3. The van der Waals surface area contributed by atoms with Crippen molar-refractivity contribution < 1.29 is 23.9 Å². The first-order valence-corrected chi connectivity index (χ1v) is 13.9. The molecule has 1 aliphatic rings. The molecule has 0 aromatic carbocycles. The van der Waals surface area contributed by atoms with E-state index in [4.69, 9.17) is 9.47 Å². The lowest BCUT2D eigenvalue weighted by molar-refractivity contribution is -0.152. The SMILES string of the molecule is COC(=O)C1CC(Oc2nc(-c3ccccn3)nc3sccc23)CN1C(=O)[C@@H](NC(=O)NC(C)(C)C)C(C)(C)C. The van der Waals surface area contributed by atoms with Crippen LogP contribution in [-0.4, -0.2) is 75.1 Å². The summed E-state index contributed by atoms with van der Waals surface area (Å²) in [5.74, 6) is -0.174. The van der Waals surface area contributed by atoms with Crippen LogP contribution in [0.3, 0.4) is 0 Å². The molecule has 1 saturated heterocycles. The van der Waals surface area contributed by atoms with E-state index in [0.29, 0.717) is 17.4 Å². The Labute approximate surface area is 237 Å². The number of pyridine rings is 1. The monoisotopic (exact) mass is 568 g/mol. The molecule has 2 N–H and O–H groups in total. The first-order valence-electron chi connectivity index (χ1n) is 13.1. The summed E-state index contributed by atoms with van der Waals surface area (Å²) in [4.78, 5) is 55.3. The lowest BCUT2D eigenvalue weighted by Gasteiger charge is -2.35. The summed E-state index contributed by atoms with van der Waals surface area (Å²) >= 11 is 1.46. The maximum Gasteiger partial charge on any atom is 0.328 e. The van der Waals surface area contributed by atoms with Gasteiger partial charge in [-0.05, 0) is 49.8 Å². The van der Waals surface area contributed by atoms with Crippen LogP contribution >= 0.6 is 11.3 Å². The van der Waals surface area contributed by atoms with Crippen LogP contribution in [-0.2, 0) is 14.3 Å². The molecule has 2 unspecified atom stereocenters. The number of nitrogens with zero attached hydrogens (tertiary/aromatic N) is 4. The second kappa shape index (κ2) is 11.4. The largest absolute Gasteiger partial charge is 0.472 e. The van der Waals surface area contributed by atoms with Gasteiger partial charge in [-0.2, -0.15) is 4.98 Å². The number of hydrogen-bond donors (Lipinski definition) is 2. The van der Waals surface area contributed by atoms with Crippen LogP contribution in [0.25, 0.3) is 21.7 Å². The Kier molecular flexibility index (Phi) is 8.29. The molecule has 0 radical (unpaired) electrons. The fourth-order valence-electron chi connectivity index (χ4n) is 4.49. The van der Waals surface area contributed by atoms with Crippen molar-refractivity contribution in [2.75, 3.05) is 13.7 Å². The van der Waals surface area contributed by atoms with Crippen molar-refractivity contribution in [2.45, 2.75) is 71.7 Å². The van der Waals surface area contributed by atoms with Crippen molar-refractivity contribution >= 4 is 39.5 Å². The molecule has 12 heteroatoms. The first kappa shape index (κ1) is 29.2. The zero-order chi connectivity index (χ0) is 29.2. The highest BCUT2D eigenvalue weighted by Crippen LogP contribution is 2.33. The number of hydrogen-bond acceptors (Lipinski definition) is 9. The molecule has 3 atom stereocenters. The number of carbonyl (C=O) groups excluding carboxylic acids is 3. The van der Waals surface area contributed by atoms with E-state index in [-0.39, 0.29) is 13.0 Å². The van der Waals surface area contributed by atoms with E-state index in [1.54, 1.807) is 6.20 Å². The predicted octanol–water partition coefficient (Wildman–Crippen LogP) is 3.79. The first-order chi connectivity index (χ1) is 18.8. The van der Waals surface area contributed by atoms with Gasteiger partial charge in [-0.25, -0.2) is 14.6 Å². The fourth-order valence-corrected chi connectivity index (χ4v) is 5.25. The number of amides is 3. The van der Waals surface area contributed by atoms with E-state index in [1.807, 2.05) is 71.2 Å². The summed E-state index contributed by atoms with van der Waals surface area (Å²) in [5.41, 5.74) is -0.528. The zero-order valence-corrected chi connectivity index (χ0v) is 24.7. The van der Waals surface area contributed by atoms with Gasteiger partial charge in [0.25, 0.3) is 0 Å². The molecule has 0 spiro atoms. The van der Waals surface area contributed by atoms with Crippen LogP contribution in [0.15, 0.2) is 35.8 Å². The van der Waals surface area contributed by atoms with Crippen LogP contribution in [0.5, 0.6) is 5.88 Å². The molecule has 214 valence electrons. The van der Waals surface area contributed by atoms with Gasteiger partial charge in [-0.15, -0.1) is 11.3 Å². The summed E-state index contributed by atoms with van der Waals surface area (Å²) in [5, 5.41) is 8.28. The van der Waals surface area contributed by atoms with Crippen molar-refractivity contribution in [3.05, 3.63) is 35.8 Å². The van der Waals surface area contributed by atoms with Crippen molar-refractivity contribution in [2.24, 2.45) is 5.41 Å². The molecule has 1 aliphatic heterocycles. The number of thiophene rings is 1. The van der Waals surface area contributed by atoms with Gasteiger partial charge in [0.05, 0.1) is 19.0 Å². The number of methoxy groups -OCH3 is 1. The fraction of sp³-hybridized carbons (Fsp3) is 0.500. The lowest BCUT2D eigenvalue weighted by atomic mass is 9.85. The van der Waals surface area contributed by atoms with E-state index >= 15 is 0 Å². The smallest absolute Gasteiger partial charge is 0.328 e. The van der Waals surface area contributed by atoms with Gasteiger partial charge in [0.1, 0.15) is 28.7 Å². The van der Waals surface area contributed by atoms with Gasteiger partial charge in [0.15, 0.2) is 5.82 Å². The number of urea groups is 1. The average molecular weight is 569 g/mol. The third-order valence-electron chi connectivity index (χ3n) is 6.36. The molecule has 3 aromatic heterocycles. The molecule has 3 aromatic rings. The summed E-state index contributed by atoms with van der Waals surface area (Å²) in [6, 6.07) is 5.11. The Morgan fingerprint density at radius 1 is 1.10 bits per heavy atom.